The van der Waals surface area contributed by atoms with E-state index in [1.54, 1.807) is 42.5 Å². The van der Waals surface area contributed by atoms with Gasteiger partial charge in [0.2, 0.25) is 0 Å². The highest BCUT2D eigenvalue weighted by Gasteiger charge is 2.46. The van der Waals surface area contributed by atoms with Crippen LogP contribution in [-0.4, -0.2) is 85.2 Å². The van der Waals surface area contributed by atoms with Gasteiger partial charge in [0.1, 0.15) is 35.9 Å². The molecule has 294 valence electrons. The summed E-state index contributed by atoms with van der Waals surface area (Å²) in [6.45, 7) is 14.6. The molecule has 1 aliphatic rings. The monoisotopic (exact) mass is 793 g/mol. The largest absolute Gasteiger partial charge is 0.712 e. The van der Waals surface area contributed by atoms with Crippen molar-refractivity contribution in [3.8, 4) is 11.5 Å². The van der Waals surface area contributed by atoms with Gasteiger partial charge in [-0.25, -0.2) is 9.59 Å². The van der Waals surface area contributed by atoms with Gasteiger partial charge in [-0.1, -0.05) is 56.9 Å². The van der Waals surface area contributed by atoms with E-state index in [4.69, 9.17) is 44.2 Å². The molecular weight excluding hydrogens is 736 g/mol. The molecule has 1 saturated heterocycles. The Labute approximate surface area is 323 Å². The Morgan fingerprint density at radius 1 is 1.09 bits per heavy atom. The third kappa shape index (κ3) is 15.1. The lowest BCUT2D eigenvalue weighted by atomic mass is 9.94. The highest BCUT2D eigenvalue weighted by Crippen LogP contribution is 2.37. The molecule has 6 atom stereocenters. The molecule has 0 bridgehead atoms. The summed E-state index contributed by atoms with van der Waals surface area (Å²) in [5.74, 6) is -1.25. The maximum Gasteiger partial charge on any atom is 0.342 e. The number of rotatable bonds is 24. The van der Waals surface area contributed by atoms with Gasteiger partial charge >= 0.3 is 11.9 Å². The maximum atomic E-state index is 13.6. The summed E-state index contributed by atoms with van der Waals surface area (Å²) in [6, 6.07) is 12.9. The summed E-state index contributed by atoms with van der Waals surface area (Å²) >= 11 is 1.13. The van der Waals surface area contributed by atoms with Crippen LogP contribution < -0.4 is 9.47 Å². The van der Waals surface area contributed by atoms with Gasteiger partial charge in [0.05, 0.1) is 25.7 Å². The van der Waals surface area contributed by atoms with E-state index in [1.165, 1.54) is 7.11 Å². The van der Waals surface area contributed by atoms with Crippen LogP contribution in [0.25, 0.3) is 11.6 Å². The van der Waals surface area contributed by atoms with Crippen molar-refractivity contribution in [2.24, 2.45) is 11.0 Å². The molecule has 0 amide bonds. The van der Waals surface area contributed by atoms with E-state index in [9.17, 15) is 9.59 Å². The molecular formula is C38H56N2O10PSSi-. The van der Waals surface area contributed by atoms with Crippen molar-refractivity contribution in [1.82, 2.24) is 0 Å². The van der Waals surface area contributed by atoms with Crippen molar-refractivity contribution in [2.45, 2.75) is 103 Å². The third-order valence-electron chi connectivity index (χ3n) is 8.62. The number of carbonyl (C=O) groups is 2. The van der Waals surface area contributed by atoms with E-state index >= 15 is 0 Å². The fourth-order valence-electron chi connectivity index (χ4n) is 5.60. The second-order valence-corrected chi connectivity index (χ2v) is 21.1. The van der Waals surface area contributed by atoms with Crippen LogP contribution in [0.4, 0.5) is 0 Å². The highest BCUT2D eigenvalue weighted by molar-refractivity contribution is 8.40. The third-order valence-corrected chi connectivity index (χ3v) is 11.0. The molecule has 1 fully saturated rings. The van der Waals surface area contributed by atoms with Gasteiger partial charge in [0.15, 0.2) is 12.6 Å². The molecule has 53 heavy (non-hydrogen) atoms. The van der Waals surface area contributed by atoms with Crippen LogP contribution in [0.15, 0.2) is 53.7 Å². The van der Waals surface area contributed by atoms with Gasteiger partial charge < -0.3 is 48.0 Å². The Hall–Kier alpha value is -2.84. The fourth-order valence-corrected chi connectivity index (χ4v) is 7.11. The van der Waals surface area contributed by atoms with Gasteiger partial charge in [0, 0.05) is 39.5 Å². The van der Waals surface area contributed by atoms with Crippen LogP contribution >= 0.6 is 20.0 Å². The molecule has 0 radical (unpaired) electrons. The van der Waals surface area contributed by atoms with Crippen LogP contribution in [0.3, 0.4) is 0 Å². The minimum atomic E-state index is -1.48. The van der Waals surface area contributed by atoms with Crippen molar-refractivity contribution < 1.29 is 46.9 Å². The lowest BCUT2D eigenvalue weighted by molar-refractivity contribution is -0.156. The number of hydrogen-bond acceptors (Lipinski definition) is 12. The molecule has 12 nitrogen and oxygen atoms in total. The van der Waals surface area contributed by atoms with Gasteiger partial charge in [-0.2, -0.15) is 0 Å². The SMILES string of the molecule is [3H]PSO[C@H](C)[C@H](C)CCC(OC(=O)c1ccccc1)[C@H]1OC(C)(C)O[C@@H]1C/C=C/c1cc(OCCN=[N-])cc(OCOC)c1C(=O)OCC[Si](C)(C)C. The molecule has 3 rings (SSSR count). The van der Waals surface area contributed by atoms with Crippen LogP contribution in [0.5, 0.6) is 11.5 Å². The zero-order valence-corrected chi connectivity index (χ0v) is 34.9. The standard InChI is InChI=1S/C38H56N2O10PSSi/c1-26(27(2)50-52-51)17-18-31(47-36(41)28-13-10-9-11-14-28)35-32(48-38(3,4)49-35)16-12-15-29-23-30(44-20-19-40-39)24-33(46-25-43-5)34(29)37(42)45-21-22-53(6,7)8/h9-15,23-24,26-27,31-32,35H,16-22,25,51H2,1-8H3/q-1/b15-12+/t26-,27-,31?,32-,35-/m1/s1/i51T/t26-,27-,31?,32-,35-,51?. The predicted molar refractivity (Wildman–Crippen MR) is 213 cm³/mol. The summed E-state index contributed by atoms with van der Waals surface area (Å²) in [5, 5.41) is 3.12. The lowest BCUT2D eigenvalue weighted by Crippen LogP contribution is -2.39. The minimum Gasteiger partial charge on any atom is -0.712 e. The normalized spacial score (nSPS) is 19.1. The van der Waals surface area contributed by atoms with Crippen LogP contribution in [0, 0.1) is 5.92 Å². The Bertz CT molecular complexity index is 1520. The molecule has 2 aromatic rings. The lowest BCUT2D eigenvalue weighted by Gasteiger charge is -2.28. The van der Waals surface area contributed by atoms with E-state index in [0.29, 0.717) is 36.1 Å². The van der Waals surface area contributed by atoms with Gasteiger partial charge in [-0.05, 0) is 84.1 Å². The zero-order chi connectivity index (χ0) is 39.7. The number of carbonyl (C=O) groups excluding carboxylic acids is 2. The number of methoxy groups -OCH3 is 1. The molecule has 2 unspecified atom stereocenters. The van der Waals surface area contributed by atoms with Gasteiger partial charge in [0.25, 0.3) is 0 Å². The Morgan fingerprint density at radius 3 is 2.53 bits per heavy atom. The van der Waals surface area contributed by atoms with Crippen molar-refractivity contribution >= 4 is 46.1 Å². The smallest absolute Gasteiger partial charge is 0.342 e. The number of nitrogens with zero attached hydrogens (tertiary/aromatic N) is 2. The Kier molecular flexibility index (Phi) is 17.7. The van der Waals surface area contributed by atoms with E-state index < -0.39 is 44.1 Å². The number of benzene rings is 2. The quantitative estimate of drug-likeness (QED) is 0.0191. The number of esters is 2. The molecule has 0 spiro atoms. The first-order valence-corrected chi connectivity index (χ1v) is 23.5. The van der Waals surface area contributed by atoms with Crippen LogP contribution in [0.2, 0.25) is 25.7 Å². The highest BCUT2D eigenvalue weighted by atomic mass is 32.7. The molecule has 0 N–H and O–H groups in total. The summed E-state index contributed by atoms with van der Waals surface area (Å²) in [4.78, 5) is 27.0. The first kappa shape index (κ1) is 42.9. The van der Waals surface area contributed by atoms with E-state index in [2.05, 4.69) is 31.7 Å². The molecule has 1 aliphatic heterocycles. The molecule has 0 saturated carbocycles. The number of hydrogen-bond donors (Lipinski definition) is 0. The topological polar surface area (TPSA) is 143 Å². The Morgan fingerprint density at radius 2 is 1.85 bits per heavy atom. The van der Waals surface area contributed by atoms with Crippen molar-refractivity contribution in [1.29, 1.82) is 1.28 Å². The minimum absolute atomic E-state index is 0.0568. The molecule has 0 aromatic heterocycles. The molecule has 2 aromatic carbocycles. The summed E-state index contributed by atoms with van der Waals surface area (Å²) < 4.78 is 54.8. The van der Waals surface area contributed by atoms with Crippen molar-refractivity contribution in [2.75, 3.05) is 33.7 Å². The van der Waals surface area contributed by atoms with E-state index in [-0.39, 0.29) is 58.3 Å². The van der Waals surface area contributed by atoms with Crippen LogP contribution in [-0.2, 0) is 27.9 Å². The first-order chi connectivity index (χ1) is 25.7. The summed E-state index contributed by atoms with van der Waals surface area (Å²) in [7, 11) is -0.127. The Balaban J connectivity index is 1.95. The summed E-state index contributed by atoms with van der Waals surface area (Å²) in [6.07, 6.45) is 3.25. The van der Waals surface area contributed by atoms with Gasteiger partial charge in [-0.15, -0.1) is 0 Å². The second kappa shape index (κ2) is 21.9. The zero-order valence-electron chi connectivity index (χ0n) is 33.1. The first-order valence-electron chi connectivity index (χ1n) is 18.4. The van der Waals surface area contributed by atoms with Crippen LogP contribution in [0.1, 0.15) is 73.2 Å². The molecule has 15 heteroatoms. The molecule has 0 aliphatic carbocycles. The average Bonchev–Trinajstić information content (AvgIpc) is 3.44. The fraction of sp³-hybridized carbons (Fsp3) is 0.579. The van der Waals surface area contributed by atoms with E-state index in [1.807, 2.05) is 32.9 Å². The van der Waals surface area contributed by atoms with Crippen molar-refractivity contribution in [3.05, 3.63) is 70.8 Å². The average molecular weight is 794 g/mol. The summed E-state index contributed by atoms with van der Waals surface area (Å²) in [5.41, 5.74) is 10.1. The number of ether oxygens (including phenoxy) is 7. The van der Waals surface area contributed by atoms with E-state index in [0.717, 1.165) is 17.7 Å². The second-order valence-electron chi connectivity index (χ2n) is 14.6. The van der Waals surface area contributed by atoms with Crippen molar-refractivity contribution in [3.63, 3.8) is 0 Å². The molecule has 1 heterocycles. The maximum absolute atomic E-state index is 13.6. The predicted octanol–water partition coefficient (Wildman–Crippen LogP) is 8.97. The van der Waals surface area contributed by atoms with Gasteiger partial charge in [-0.3, -0.25) is 0 Å².